The number of nitrogens with zero attached hydrogens (tertiary/aromatic N) is 2. The highest BCUT2D eigenvalue weighted by atomic mass is 127. The van der Waals surface area contributed by atoms with E-state index >= 15 is 0 Å². The monoisotopic (exact) mass is 455 g/mol. The maximum Gasteiger partial charge on any atom is 0.193 e. The molecule has 0 saturated heterocycles. The Bertz CT molecular complexity index is 345. The molecule has 0 heterocycles. The molecule has 0 aromatic heterocycles. The van der Waals surface area contributed by atoms with E-state index in [9.17, 15) is 5.11 Å². The molecule has 5 nitrogen and oxygen atoms in total. The van der Waals surface area contributed by atoms with Crippen molar-refractivity contribution in [3.8, 4) is 0 Å². The van der Waals surface area contributed by atoms with Crippen LogP contribution >= 0.6 is 24.0 Å². The first kappa shape index (κ1) is 23.9. The number of guanidine groups is 1. The summed E-state index contributed by atoms with van der Waals surface area (Å²) in [4.78, 5) is 6.98. The zero-order chi connectivity index (χ0) is 17.1. The zero-order valence-corrected chi connectivity index (χ0v) is 18.3. The molecular formula is C18H38IN3O2. The van der Waals surface area contributed by atoms with E-state index in [1.165, 1.54) is 12.8 Å². The number of hydrogen-bond donors (Lipinski definition) is 2. The molecular weight excluding hydrogens is 417 g/mol. The lowest BCUT2D eigenvalue weighted by molar-refractivity contribution is 0.115. The molecule has 0 atom stereocenters. The molecule has 2 N–H and O–H groups in total. The number of rotatable bonds is 12. The number of aliphatic hydroxyl groups excluding tert-OH is 1. The van der Waals surface area contributed by atoms with Crippen LogP contribution in [-0.2, 0) is 4.74 Å². The fourth-order valence-corrected chi connectivity index (χ4v) is 2.70. The maximum absolute atomic E-state index is 9.34. The van der Waals surface area contributed by atoms with Crippen LogP contribution in [0.25, 0.3) is 0 Å². The Morgan fingerprint density at radius 2 is 1.96 bits per heavy atom. The van der Waals surface area contributed by atoms with Crippen molar-refractivity contribution in [2.45, 2.75) is 52.9 Å². The third-order valence-electron chi connectivity index (χ3n) is 5.02. The lowest BCUT2D eigenvalue weighted by Crippen LogP contribution is -2.41. The normalized spacial score (nSPS) is 15.1. The predicted molar refractivity (Wildman–Crippen MR) is 112 cm³/mol. The van der Waals surface area contributed by atoms with Gasteiger partial charge in [0, 0.05) is 39.9 Å². The number of hydrogen-bond acceptors (Lipinski definition) is 3. The van der Waals surface area contributed by atoms with Gasteiger partial charge < -0.3 is 20.1 Å². The minimum absolute atomic E-state index is 0. The second kappa shape index (κ2) is 13.2. The molecule has 144 valence electrons. The van der Waals surface area contributed by atoms with E-state index in [4.69, 9.17) is 9.73 Å². The van der Waals surface area contributed by atoms with Crippen molar-refractivity contribution < 1.29 is 9.84 Å². The van der Waals surface area contributed by atoms with Gasteiger partial charge in [-0.15, -0.1) is 24.0 Å². The molecule has 0 aromatic rings. The van der Waals surface area contributed by atoms with Gasteiger partial charge in [0.05, 0.1) is 6.61 Å². The summed E-state index contributed by atoms with van der Waals surface area (Å²) in [7, 11) is 2.06. The summed E-state index contributed by atoms with van der Waals surface area (Å²) in [6.45, 7) is 10.8. The minimum atomic E-state index is 0. The standard InChI is InChI=1S/C18H37N3O2.HI/c1-5-18(6-2,10-12-22)15-20-17(19-7-3)21(4)11-13-23-14-16-8-9-16;/h16,22H,5-15H2,1-4H3,(H,19,20);1H. The smallest absolute Gasteiger partial charge is 0.193 e. The van der Waals surface area contributed by atoms with Crippen LogP contribution in [0.2, 0.25) is 0 Å². The average Bonchev–Trinajstić information content (AvgIpc) is 3.38. The van der Waals surface area contributed by atoms with E-state index in [-0.39, 0.29) is 36.0 Å². The highest BCUT2D eigenvalue weighted by Gasteiger charge is 2.25. The van der Waals surface area contributed by atoms with Crippen LogP contribution in [0.3, 0.4) is 0 Å². The lowest BCUT2D eigenvalue weighted by Gasteiger charge is -2.30. The van der Waals surface area contributed by atoms with Gasteiger partial charge in [0.25, 0.3) is 0 Å². The first-order valence-electron chi connectivity index (χ1n) is 9.28. The van der Waals surface area contributed by atoms with Crippen LogP contribution in [0.1, 0.15) is 52.9 Å². The SMILES string of the molecule is CCNC(=NCC(CC)(CC)CCO)N(C)CCOCC1CC1.I. The second-order valence-electron chi connectivity index (χ2n) is 6.79. The molecule has 1 saturated carbocycles. The molecule has 0 amide bonds. The summed E-state index contributed by atoms with van der Waals surface area (Å²) < 4.78 is 5.73. The Morgan fingerprint density at radius 1 is 1.29 bits per heavy atom. The number of likely N-dealkylation sites (N-methyl/N-ethyl adjacent to an activating group) is 1. The number of aliphatic hydroxyl groups is 1. The third-order valence-corrected chi connectivity index (χ3v) is 5.02. The molecule has 1 rings (SSSR count). The van der Waals surface area contributed by atoms with Crippen molar-refractivity contribution in [2.24, 2.45) is 16.3 Å². The van der Waals surface area contributed by atoms with Crippen molar-refractivity contribution in [1.82, 2.24) is 10.2 Å². The van der Waals surface area contributed by atoms with Gasteiger partial charge in [-0.2, -0.15) is 0 Å². The Morgan fingerprint density at radius 3 is 2.46 bits per heavy atom. The molecule has 1 aliphatic rings. The van der Waals surface area contributed by atoms with Crippen molar-refractivity contribution in [1.29, 1.82) is 0 Å². The summed E-state index contributed by atoms with van der Waals surface area (Å²) in [5, 5.41) is 12.7. The predicted octanol–water partition coefficient (Wildman–Crippen LogP) is 3.12. The lowest BCUT2D eigenvalue weighted by atomic mass is 9.79. The summed E-state index contributed by atoms with van der Waals surface area (Å²) in [5.41, 5.74) is 0.110. The highest BCUT2D eigenvalue weighted by molar-refractivity contribution is 14.0. The molecule has 1 aliphatic carbocycles. The van der Waals surface area contributed by atoms with Gasteiger partial charge in [0.2, 0.25) is 0 Å². The molecule has 0 radical (unpaired) electrons. The van der Waals surface area contributed by atoms with Crippen molar-refractivity contribution in [3.05, 3.63) is 0 Å². The Balaban J connectivity index is 0.00000529. The van der Waals surface area contributed by atoms with Crippen LogP contribution in [0.5, 0.6) is 0 Å². The Hall–Kier alpha value is -0.0800. The van der Waals surface area contributed by atoms with Gasteiger partial charge in [-0.1, -0.05) is 13.8 Å². The Labute approximate surface area is 165 Å². The van der Waals surface area contributed by atoms with Crippen LogP contribution in [0.15, 0.2) is 4.99 Å². The van der Waals surface area contributed by atoms with E-state index in [2.05, 4.69) is 38.0 Å². The molecule has 0 bridgehead atoms. The Kier molecular flexibility index (Phi) is 13.1. The van der Waals surface area contributed by atoms with Gasteiger partial charge in [-0.05, 0) is 50.4 Å². The molecule has 0 unspecified atom stereocenters. The summed E-state index contributed by atoms with van der Waals surface area (Å²) in [5.74, 6) is 1.75. The first-order valence-corrected chi connectivity index (χ1v) is 9.28. The fraction of sp³-hybridized carbons (Fsp3) is 0.944. The first-order chi connectivity index (χ1) is 11.1. The molecule has 0 spiro atoms. The topological polar surface area (TPSA) is 57.1 Å². The number of nitrogens with one attached hydrogen (secondary N) is 1. The van der Waals surface area contributed by atoms with Crippen LogP contribution < -0.4 is 5.32 Å². The van der Waals surface area contributed by atoms with E-state index in [1.54, 1.807) is 0 Å². The van der Waals surface area contributed by atoms with Gasteiger partial charge in [-0.3, -0.25) is 4.99 Å². The van der Waals surface area contributed by atoms with Crippen LogP contribution in [-0.4, -0.2) is 62.5 Å². The van der Waals surface area contributed by atoms with E-state index < -0.39 is 0 Å². The van der Waals surface area contributed by atoms with E-state index in [1.807, 2.05) is 0 Å². The zero-order valence-electron chi connectivity index (χ0n) is 16.0. The highest BCUT2D eigenvalue weighted by Crippen LogP contribution is 2.30. The summed E-state index contributed by atoms with van der Waals surface area (Å²) in [6, 6.07) is 0. The van der Waals surface area contributed by atoms with Crippen LogP contribution in [0, 0.1) is 11.3 Å². The number of ether oxygens (including phenoxy) is 1. The van der Waals surface area contributed by atoms with Gasteiger partial charge in [0.15, 0.2) is 5.96 Å². The average molecular weight is 455 g/mol. The quantitative estimate of drug-likeness (QED) is 0.206. The van der Waals surface area contributed by atoms with Crippen molar-refractivity contribution in [2.75, 3.05) is 46.5 Å². The minimum Gasteiger partial charge on any atom is -0.396 e. The fourth-order valence-electron chi connectivity index (χ4n) is 2.70. The van der Waals surface area contributed by atoms with Crippen LogP contribution in [0.4, 0.5) is 0 Å². The molecule has 0 aromatic carbocycles. The van der Waals surface area contributed by atoms with E-state index in [0.29, 0.717) is 0 Å². The second-order valence-corrected chi connectivity index (χ2v) is 6.79. The molecule has 0 aliphatic heterocycles. The van der Waals surface area contributed by atoms with Crippen molar-refractivity contribution >= 4 is 29.9 Å². The summed E-state index contributed by atoms with van der Waals surface area (Å²) >= 11 is 0. The van der Waals surface area contributed by atoms with Gasteiger partial charge in [-0.25, -0.2) is 0 Å². The number of halogens is 1. The van der Waals surface area contributed by atoms with Crippen molar-refractivity contribution in [3.63, 3.8) is 0 Å². The molecule has 6 heteroatoms. The summed E-state index contributed by atoms with van der Waals surface area (Å²) in [6.07, 6.45) is 5.57. The number of aliphatic imine (C=N–C) groups is 1. The largest absolute Gasteiger partial charge is 0.396 e. The van der Waals surface area contributed by atoms with E-state index in [0.717, 1.165) is 64.0 Å². The van der Waals surface area contributed by atoms with Gasteiger partial charge >= 0.3 is 0 Å². The maximum atomic E-state index is 9.34. The molecule has 1 fully saturated rings. The third kappa shape index (κ3) is 8.85. The molecule has 24 heavy (non-hydrogen) atoms. The van der Waals surface area contributed by atoms with Gasteiger partial charge in [0.1, 0.15) is 0 Å².